The molecular formula is C42H63AuO3P+. The second kappa shape index (κ2) is 14.2. The maximum atomic E-state index is 6.90. The number of benzene rings is 3. The van der Waals surface area contributed by atoms with Crippen LogP contribution in [0.15, 0.2) is 54.6 Å². The molecule has 0 atom stereocenters. The molecule has 3 aromatic rings. The van der Waals surface area contributed by atoms with E-state index >= 15 is 0 Å². The monoisotopic (exact) mass is 843 g/mol. The van der Waals surface area contributed by atoms with Crippen molar-refractivity contribution in [2.75, 3.05) is 0 Å². The van der Waals surface area contributed by atoms with E-state index in [1.807, 2.05) is 0 Å². The molecule has 3 rings (SSSR count). The van der Waals surface area contributed by atoms with Crippen LogP contribution in [-0.4, -0.2) is 0 Å². The fourth-order valence-electron chi connectivity index (χ4n) is 5.28. The summed E-state index contributed by atoms with van der Waals surface area (Å²) < 4.78 is 20.7. The molecule has 0 fully saturated rings. The van der Waals surface area contributed by atoms with E-state index in [-0.39, 0.29) is 54.9 Å². The largest absolute Gasteiger partial charge is 1.00 e. The van der Waals surface area contributed by atoms with Crippen molar-refractivity contribution in [1.82, 2.24) is 0 Å². The minimum Gasteiger partial charge on any atom is -0.408 e. The molecule has 0 heterocycles. The molecule has 0 N–H and O–H groups in total. The van der Waals surface area contributed by atoms with Gasteiger partial charge in [0.15, 0.2) is 0 Å². The van der Waals surface area contributed by atoms with Gasteiger partial charge in [0.1, 0.15) is 17.2 Å². The zero-order valence-electron chi connectivity index (χ0n) is 32.7. The van der Waals surface area contributed by atoms with Gasteiger partial charge in [-0.15, -0.1) is 0 Å². The normalized spacial score (nSPS) is 13.3. The first-order chi connectivity index (χ1) is 20.6. The Hall–Kier alpha value is -1.77. The summed E-state index contributed by atoms with van der Waals surface area (Å²) >= 11 is 0. The SMILES string of the molecule is CC(C)(C)c1ccc(OP(Oc2ccc(C(C)(C)C)cc2C(C)(C)C)Oc2ccc(C(C)(C)C)cc2C(C)(C)C)c(C(C)(C)C)c1.[Au+]. The zero-order chi connectivity index (χ0) is 35.3. The van der Waals surface area contributed by atoms with Gasteiger partial charge in [-0.05, 0) is 67.4 Å². The molecule has 3 aromatic carbocycles. The summed E-state index contributed by atoms with van der Waals surface area (Å²) in [6.07, 6.45) is 0. The third-order valence-corrected chi connectivity index (χ3v) is 9.52. The van der Waals surface area contributed by atoms with Crippen LogP contribution in [0.4, 0.5) is 0 Å². The molecule has 0 aromatic heterocycles. The number of rotatable bonds is 6. The van der Waals surface area contributed by atoms with E-state index in [0.29, 0.717) is 0 Å². The Morgan fingerprint density at radius 1 is 0.340 bits per heavy atom. The van der Waals surface area contributed by atoms with Crippen molar-refractivity contribution >= 4 is 8.60 Å². The van der Waals surface area contributed by atoms with Crippen LogP contribution in [0, 0.1) is 0 Å². The molecular weight excluding hydrogens is 780 g/mol. The Labute approximate surface area is 305 Å². The van der Waals surface area contributed by atoms with E-state index in [1.165, 1.54) is 16.7 Å². The fraction of sp³-hybridized carbons (Fsp3) is 0.571. The van der Waals surface area contributed by atoms with Gasteiger partial charge in [-0.3, -0.25) is 0 Å². The van der Waals surface area contributed by atoms with Crippen molar-refractivity contribution < 1.29 is 36.0 Å². The van der Waals surface area contributed by atoms with Crippen molar-refractivity contribution in [1.29, 1.82) is 0 Å². The molecule has 0 spiro atoms. The van der Waals surface area contributed by atoms with E-state index in [4.69, 9.17) is 13.6 Å². The standard InChI is InChI=1S/C42H63O3P.Au/c1-37(2,3)28-19-22-34(31(25-28)40(10,11)12)43-46(44-35-23-20-29(38(4,5)6)26-32(35)41(13,14)15)45-36-24-21-30(39(7,8)9)27-33(36)42(16,17)18;/h19-27H,1-18H3;/q;+1. The van der Waals surface area contributed by atoms with Crippen LogP contribution in [0.5, 0.6) is 17.2 Å². The van der Waals surface area contributed by atoms with Crippen LogP contribution < -0.4 is 13.6 Å². The average molecular weight is 844 g/mol. The average Bonchev–Trinajstić information content (AvgIpc) is 2.85. The van der Waals surface area contributed by atoms with Crippen LogP contribution in [0.1, 0.15) is 158 Å². The summed E-state index contributed by atoms with van der Waals surface area (Å²) in [5, 5.41) is 0. The summed E-state index contributed by atoms with van der Waals surface area (Å²) in [4.78, 5) is 0. The van der Waals surface area contributed by atoms with Crippen molar-refractivity contribution in [2.24, 2.45) is 0 Å². The maximum absolute atomic E-state index is 6.90. The molecule has 0 saturated carbocycles. The summed E-state index contributed by atoms with van der Waals surface area (Å²) in [6.45, 7) is 40.3. The summed E-state index contributed by atoms with van der Waals surface area (Å²) in [6, 6.07) is 19.7. The second-order valence-corrected chi connectivity index (χ2v) is 20.1. The quantitative estimate of drug-likeness (QED) is 0.183. The summed E-state index contributed by atoms with van der Waals surface area (Å²) in [5.41, 5.74) is 6.85. The van der Waals surface area contributed by atoms with Crippen molar-refractivity contribution in [3.63, 3.8) is 0 Å². The molecule has 0 aliphatic rings. The summed E-state index contributed by atoms with van der Waals surface area (Å²) in [7, 11) is -1.89. The first kappa shape index (κ1) is 41.4. The molecule has 0 bridgehead atoms. The first-order valence-corrected chi connectivity index (χ1v) is 18.0. The van der Waals surface area contributed by atoms with Crippen molar-refractivity contribution in [3.8, 4) is 17.2 Å². The van der Waals surface area contributed by atoms with Crippen LogP contribution in [-0.2, 0) is 54.9 Å². The fourth-order valence-corrected chi connectivity index (χ4v) is 6.35. The molecule has 47 heavy (non-hydrogen) atoms. The molecule has 3 nitrogen and oxygen atoms in total. The van der Waals surface area contributed by atoms with Crippen molar-refractivity contribution in [3.05, 3.63) is 88.0 Å². The van der Waals surface area contributed by atoms with E-state index < -0.39 is 8.60 Å². The van der Waals surface area contributed by atoms with Gasteiger partial charge in [0.2, 0.25) is 0 Å². The Balaban J connectivity index is 0.00000768. The van der Waals surface area contributed by atoms with E-state index in [9.17, 15) is 0 Å². The Morgan fingerprint density at radius 2 is 0.553 bits per heavy atom. The van der Waals surface area contributed by atoms with Gasteiger partial charge < -0.3 is 13.6 Å². The Bertz CT molecular complexity index is 1330. The van der Waals surface area contributed by atoms with Gasteiger partial charge in [-0.1, -0.05) is 161 Å². The summed E-state index contributed by atoms with van der Waals surface area (Å²) in [5.74, 6) is 2.37. The molecule has 0 saturated heterocycles. The number of hydrogen-bond donors (Lipinski definition) is 0. The van der Waals surface area contributed by atoms with Gasteiger partial charge in [0.05, 0.1) is 0 Å². The minimum absolute atomic E-state index is 0. The molecule has 0 amide bonds. The maximum Gasteiger partial charge on any atom is 1.00 e. The Kier molecular flexibility index (Phi) is 12.5. The van der Waals surface area contributed by atoms with E-state index in [0.717, 1.165) is 33.9 Å². The molecule has 0 aliphatic carbocycles. The predicted octanol–water partition coefficient (Wildman–Crippen LogP) is 13.2. The molecule has 0 unspecified atom stereocenters. The van der Waals surface area contributed by atoms with Gasteiger partial charge >= 0.3 is 31.0 Å². The second-order valence-electron chi connectivity index (χ2n) is 19.1. The molecule has 264 valence electrons. The molecule has 0 radical (unpaired) electrons. The molecule has 0 aliphatic heterocycles. The van der Waals surface area contributed by atoms with Gasteiger partial charge in [-0.25, -0.2) is 0 Å². The van der Waals surface area contributed by atoms with Crippen LogP contribution >= 0.6 is 8.60 Å². The third kappa shape index (κ3) is 10.9. The minimum atomic E-state index is -1.89. The van der Waals surface area contributed by atoms with Gasteiger partial charge in [0.25, 0.3) is 0 Å². The van der Waals surface area contributed by atoms with Crippen LogP contribution in [0.3, 0.4) is 0 Å². The van der Waals surface area contributed by atoms with Gasteiger partial charge in [-0.2, -0.15) is 0 Å². The van der Waals surface area contributed by atoms with E-state index in [2.05, 4.69) is 179 Å². The van der Waals surface area contributed by atoms with Crippen LogP contribution in [0.25, 0.3) is 0 Å². The molecule has 5 heteroatoms. The van der Waals surface area contributed by atoms with E-state index in [1.54, 1.807) is 0 Å². The zero-order valence-corrected chi connectivity index (χ0v) is 35.7. The third-order valence-electron chi connectivity index (χ3n) is 8.48. The van der Waals surface area contributed by atoms with Crippen LogP contribution in [0.2, 0.25) is 0 Å². The predicted molar refractivity (Wildman–Crippen MR) is 200 cm³/mol. The number of hydrogen-bond acceptors (Lipinski definition) is 3. The first-order valence-electron chi connectivity index (χ1n) is 16.9. The smallest absolute Gasteiger partial charge is 0.408 e. The Morgan fingerprint density at radius 3 is 0.723 bits per heavy atom. The van der Waals surface area contributed by atoms with Crippen molar-refractivity contribution in [2.45, 2.75) is 157 Å². The van der Waals surface area contributed by atoms with Gasteiger partial charge in [0, 0.05) is 16.7 Å². The topological polar surface area (TPSA) is 27.7 Å².